The van der Waals surface area contributed by atoms with Crippen molar-refractivity contribution in [2.24, 2.45) is 0 Å². The molecule has 1 fully saturated rings. The monoisotopic (exact) mass is 354 g/mol. The number of carbonyl (C=O) groups is 2. The second kappa shape index (κ2) is 7.79. The molecule has 1 aliphatic heterocycles. The van der Waals surface area contributed by atoms with E-state index >= 15 is 0 Å². The van der Waals surface area contributed by atoms with Crippen molar-refractivity contribution in [3.63, 3.8) is 0 Å². The number of benzene rings is 1. The van der Waals surface area contributed by atoms with Gasteiger partial charge in [-0.2, -0.15) is 0 Å². The first-order chi connectivity index (χ1) is 11.9. The standard InChI is InChI=1S/C15H18N2O8/c1-22-12-7-9(11(17(20)21)8-13(12)23-2)14(18)25-16-6-4-5-10(16)15(19)24-3/h7-8,10H,4-6H2,1-3H3/t10-/m0/s1. The van der Waals surface area contributed by atoms with E-state index < -0.39 is 28.6 Å². The average Bonchev–Trinajstić information content (AvgIpc) is 3.07. The zero-order valence-electron chi connectivity index (χ0n) is 14.0. The van der Waals surface area contributed by atoms with Crippen molar-refractivity contribution in [3.05, 3.63) is 27.8 Å². The van der Waals surface area contributed by atoms with Gasteiger partial charge in [0.15, 0.2) is 11.5 Å². The van der Waals surface area contributed by atoms with Gasteiger partial charge in [0, 0.05) is 12.6 Å². The van der Waals surface area contributed by atoms with E-state index in [0.717, 1.165) is 6.07 Å². The van der Waals surface area contributed by atoms with E-state index in [1.165, 1.54) is 32.5 Å². The molecule has 0 radical (unpaired) electrons. The molecule has 0 N–H and O–H groups in total. The minimum absolute atomic E-state index is 0.111. The van der Waals surface area contributed by atoms with Gasteiger partial charge in [-0.05, 0) is 12.8 Å². The van der Waals surface area contributed by atoms with Crippen LogP contribution in [0.4, 0.5) is 5.69 Å². The SMILES string of the molecule is COC(=O)[C@@H]1CCCN1OC(=O)c1cc(OC)c(OC)cc1[N+](=O)[O-]. The third-order valence-electron chi connectivity index (χ3n) is 3.80. The van der Waals surface area contributed by atoms with E-state index in [0.29, 0.717) is 19.4 Å². The highest BCUT2D eigenvalue weighted by Crippen LogP contribution is 2.35. The van der Waals surface area contributed by atoms with Crippen LogP contribution >= 0.6 is 0 Å². The van der Waals surface area contributed by atoms with E-state index in [9.17, 15) is 19.7 Å². The Morgan fingerprint density at radius 3 is 2.40 bits per heavy atom. The van der Waals surface area contributed by atoms with Crippen molar-refractivity contribution < 1.29 is 33.6 Å². The molecule has 10 nitrogen and oxygen atoms in total. The molecular formula is C15H18N2O8. The molecule has 1 aromatic carbocycles. The van der Waals surface area contributed by atoms with Crippen LogP contribution in [0, 0.1) is 10.1 Å². The number of nitro groups is 1. The largest absolute Gasteiger partial charge is 0.493 e. The number of methoxy groups -OCH3 is 3. The molecule has 1 saturated heterocycles. The van der Waals surface area contributed by atoms with E-state index in [1.54, 1.807) is 0 Å². The van der Waals surface area contributed by atoms with Crippen molar-refractivity contribution in [1.82, 2.24) is 5.06 Å². The molecule has 10 heteroatoms. The Labute approximate surface area is 143 Å². The maximum Gasteiger partial charge on any atom is 0.364 e. The Bertz CT molecular complexity index is 690. The number of esters is 1. The normalized spacial score (nSPS) is 17.0. The van der Waals surface area contributed by atoms with Crippen LogP contribution in [0.15, 0.2) is 12.1 Å². The lowest BCUT2D eigenvalue weighted by molar-refractivity contribution is -0.385. The molecular weight excluding hydrogens is 336 g/mol. The highest BCUT2D eigenvalue weighted by molar-refractivity contribution is 5.95. The van der Waals surface area contributed by atoms with Gasteiger partial charge in [-0.15, -0.1) is 5.06 Å². The Hall–Kier alpha value is -2.88. The summed E-state index contributed by atoms with van der Waals surface area (Å²) in [6.07, 6.45) is 1.09. The Morgan fingerprint density at radius 1 is 1.20 bits per heavy atom. The molecule has 1 heterocycles. The van der Waals surface area contributed by atoms with Crippen molar-refractivity contribution in [2.45, 2.75) is 18.9 Å². The predicted octanol–water partition coefficient (Wildman–Crippen LogP) is 1.32. The first kappa shape index (κ1) is 18.5. The van der Waals surface area contributed by atoms with Crippen molar-refractivity contribution in [3.8, 4) is 11.5 Å². The smallest absolute Gasteiger partial charge is 0.364 e. The fourth-order valence-electron chi connectivity index (χ4n) is 2.56. The number of nitrogens with zero attached hydrogens (tertiary/aromatic N) is 2. The summed E-state index contributed by atoms with van der Waals surface area (Å²) in [7, 11) is 3.90. The lowest BCUT2D eigenvalue weighted by Crippen LogP contribution is -2.38. The van der Waals surface area contributed by atoms with Gasteiger partial charge >= 0.3 is 11.9 Å². The van der Waals surface area contributed by atoms with Crippen molar-refractivity contribution >= 4 is 17.6 Å². The molecule has 0 amide bonds. The fourth-order valence-corrected chi connectivity index (χ4v) is 2.56. The van der Waals surface area contributed by atoms with Crippen LogP contribution in [0.25, 0.3) is 0 Å². The van der Waals surface area contributed by atoms with Crippen LogP contribution in [0.5, 0.6) is 11.5 Å². The first-order valence-electron chi connectivity index (χ1n) is 7.40. The van der Waals surface area contributed by atoms with Gasteiger partial charge in [-0.25, -0.2) is 4.79 Å². The quantitative estimate of drug-likeness (QED) is 0.423. The Kier molecular flexibility index (Phi) is 5.75. The van der Waals surface area contributed by atoms with Crippen LogP contribution in [0.3, 0.4) is 0 Å². The summed E-state index contributed by atoms with van der Waals surface area (Å²) in [5, 5.41) is 12.4. The number of hydroxylamine groups is 2. The van der Waals surface area contributed by atoms with Gasteiger partial charge in [-0.3, -0.25) is 14.9 Å². The van der Waals surface area contributed by atoms with E-state index in [2.05, 4.69) is 4.74 Å². The molecule has 0 bridgehead atoms. The maximum atomic E-state index is 12.4. The van der Waals surface area contributed by atoms with E-state index in [-0.39, 0.29) is 17.1 Å². The summed E-state index contributed by atoms with van der Waals surface area (Å²) in [5.41, 5.74) is -0.797. The lowest BCUT2D eigenvalue weighted by atomic mass is 10.1. The van der Waals surface area contributed by atoms with Gasteiger partial charge in [0.05, 0.1) is 32.3 Å². The predicted molar refractivity (Wildman–Crippen MR) is 83.4 cm³/mol. The van der Waals surface area contributed by atoms with Gasteiger partial charge in [-0.1, -0.05) is 0 Å². The molecule has 0 spiro atoms. The average molecular weight is 354 g/mol. The van der Waals surface area contributed by atoms with Crippen molar-refractivity contribution in [2.75, 3.05) is 27.9 Å². The van der Waals surface area contributed by atoms with Crippen LogP contribution in [-0.4, -0.2) is 55.8 Å². The summed E-state index contributed by atoms with van der Waals surface area (Å²) in [5.74, 6) is -1.25. The number of hydrogen-bond donors (Lipinski definition) is 0. The van der Waals surface area contributed by atoms with Crippen LogP contribution in [0.2, 0.25) is 0 Å². The van der Waals surface area contributed by atoms with Gasteiger partial charge in [0.2, 0.25) is 0 Å². The van der Waals surface area contributed by atoms with Crippen molar-refractivity contribution in [1.29, 1.82) is 0 Å². The molecule has 136 valence electrons. The zero-order valence-corrected chi connectivity index (χ0v) is 14.0. The number of rotatable bonds is 6. The Balaban J connectivity index is 2.32. The number of ether oxygens (including phenoxy) is 3. The van der Waals surface area contributed by atoms with E-state index in [4.69, 9.17) is 14.3 Å². The second-order valence-corrected chi connectivity index (χ2v) is 5.18. The zero-order chi connectivity index (χ0) is 18.6. The molecule has 25 heavy (non-hydrogen) atoms. The third kappa shape index (κ3) is 3.79. The molecule has 0 aliphatic carbocycles. The molecule has 1 aliphatic rings. The second-order valence-electron chi connectivity index (χ2n) is 5.18. The highest BCUT2D eigenvalue weighted by Gasteiger charge is 2.36. The minimum Gasteiger partial charge on any atom is -0.493 e. The van der Waals surface area contributed by atoms with Gasteiger partial charge in [0.1, 0.15) is 11.6 Å². The number of hydrogen-bond acceptors (Lipinski definition) is 9. The molecule has 0 aromatic heterocycles. The molecule has 0 saturated carbocycles. The van der Waals surface area contributed by atoms with Crippen LogP contribution < -0.4 is 9.47 Å². The fraction of sp³-hybridized carbons (Fsp3) is 0.467. The summed E-state index contributed by atoms with van der Waals surface area (Å²) in [6.45, 7) is 0.326. The summed E-state index contributed by atoms with van der Waals surface area (Å²) in [4.78, 5) is 39.9. The van der Waals surface area contributed by atoms with E-state index in [1.807, 2.05) is 0 Å². The summed E-state index contributed by atoms with van der Waals surface area (Å²) in [6, 6.07) is 1.52. The van der Waals surface area contributed by atoms with Gasteiger partial charge in [0.25, 0.3) is 5.69 Å². The van der Waals surface area contributed by atoms with Gasteiger partial charge < -0.3 is 19.0 Å². The lowest BCUT2D eigenvalue weighted by Gasteiger charge is -2.21. The summed E-state index contributed by atoms with van der Waals surface area (Å²) < 4.78 is 14.7. The molecule has 0 unspecified atom stereocenters. The first-order valence-corrected chi connectivity index (χ1v) is 7.40. The maximum absolute atomic E-state index is 12.4. The minimum atomic E-state index is -0.969. The van der Waals surface area contributed by atoms with Crippen LogP contribution in [-0.2, 0) is 14.4 Å². The Morgan fingerprint density at radius 2 is 1.84 bits per heavy atom. The molecule has 1 atom stereocenters. The number of carbonyl (C=O) groups excluding carboxylic acids is 2. The summed E-state index contributed by atoms with van der Waals surface area (Å²) >= 11 is 0. The topological polar surface area (TPSA) is 117 Å². The third-order valence-corrected chi connectivity index (χ3v) is 3.80. The highest BCUT2D eigenvalue weighted by atomic mass is 16.7. The number of nitro benzene ring substituents is 1. The molecule has 1 aromatic rings. The molecule has 2 rings (SSSR count). The van der Waals surface area contributed by atoms with Crippen LogP contribution in [0.1, 0.15) is 23.2 Å².